The molecule has 1 aromatic heterocycles. The number of aryl methyl sites for hydroxylation is 1. The van der Waals surface area contributed by atoms with Crippen molar-refractivity contribution >= 4 is 32.8 Å². The molecule has 0 radical (unpaired) electrons. The van der Waals surface area contributed by atoms with Gasteiger partial charge >= 0.3 is 5.97 Å². The standard InChI is InChI=1S/C11H8BrNO2/c1-6-4-8(12)5-7-2-3-9(11(14)15)13-10(6)7/h2-5H,1H3,(H,14,15). The highest BCUT2D eigenvalue weighted by Gasteiger charge is 2.07. The lowest BCUT2D eigenvalue weighted by molar-refractivity contribution is 0.0691. The lowest BCUT2D eigenvalue weighted by atomic mass is 10.1. The van der Waals surface area contributed by atoms with E-state index < -0.39 is 5.97 Å². The number of carbonyl (C=O) groups is 1. The molecule has 0 unspecified atom stereocenters. The summed E-state index contributed by atoms with van der Waals surface area (Å²) in [5, 5.41) is 9.75. The number of hydrogen-bond acceptors (Lipinski definition) is 2. The number of benzene rings is 1. The van der Waals surface area contributed by atoms with Gasteiger partial charge in [-0.2, -0.15) is 0 Å². The summed E-state index contributed by atoms with van der Waals surface area (Å²) in [6.07, 6.45) is 0. The maximum Gasteiger partial charge on any atom is 0.354 e. The Labute approximate surface area is 94.9 Å². The van der Waals surface area contributed by atoms with E-state index in [-0.39, 0.29) is 5.69 Å². The molecule has 2 rings (SSSR count). The van der Waals surface area contributed by atoms with Gasteiger partial charge in [0.2, 0.25) is 0 Å². The van der Waals surface area contributed by atoms with E-state index in [1.807, 2.05) is 19.1 Å². The average molecular weight is 266 g/mol. The van der Waals surface area contributed by atoms with Crippen LogP contribution >= 0.6 is 15.9 Å². The number of hydrogen-bond donors (Lipinski definition) is 1. The zero-order valence-electron chi connectivity index (χ0n) is 7.99. The van der Waals surface area contributed by atoms with Crippen molar-refractivity contribution in [1.29, 1.82) is 0 Å². The second-order valence-electron chi connectivity index (χ2n) is 3.30. The van der Waals surface area contributed by atoms with E-state index in [0.717, 1.165) is 20.9 Å². The van der Waals surface area contributed by atoms with Crippen molar-refractivity contribution in [1.82, 2.24) is 4.98 Å². The maximum atomic E-state index is 10.8. The van der Waals surface area contributed by atoms with Crippen molar-refractivity contribution in [3.63, 3.8) is 0 Å². The number of nitrogens with zero attached hydrogens (tertiary/aromatic N) is 1. The first kappa shape index (κ1) is 10.1. The Bertz CT molecular complexity index is 552. The van der Waals surface area contributed by atoms with Crippen LogP contribution in [0.5, 0.6) is 0 Å². The zero-order valence-corrected chi connectivity index (χ0v) is 9.58. The highest BCUT2D eigenvalue weighted by Crippen LogP contribution is 2.22. The van der Waals surface area contributed by atoms with E-state index in [4.69, 9.17) is 5.11 Å². The molecule has 1 heterocycles. The van der Waals surface area contributed by atoms with Gasteiger partial charge in [0.15, 0.2) is 0 Å². The molecule has 4 heteroatoms. The minimum atomic E-state index is -1.00. The molecule has 1 aromatic carbocycles. The number of carboxylic acid groups (broad SMARTS) is 1. The molecule has 2 aromatic rings. The second kappa shape index (κ2) is 3.62. The fraction of sp³-hybridized carbons (Fsp3) is 0.0909. The molecule has 0 aliphatic heterocycles. The van der Waals surface area contributed by atoms with Gasteiger partial charge in [0, 0.05) is 9.86 Å². The Morgan fingerprint density at radius 2 is 2.13 bits per heavy atom. The predicted octanol–water partition coefficient (Wildman–Crippen LogP) is 3.00. The third-order valence-electron chi connectivity index (χ3n) is 2.17. The highest BCUT2D eigenvalue weighted by molar-refractivity contribution is 9.10. The Kier molecular flexibility index (Phi) is 2.44. The number of aromatic carboxylic acids is 1. The molecule has 3 nitrogen and oxygen atoms in total. The number of aromatic nitrogens is 1. The molecule has 0 aliphatic carbocycles. The van der Waals surface area contributed by atoms with Gasteiger partial charge in [-0.05, 0) is 30.7 Å². The van der Waals surface area contributed by atoms with E-state index >= 15 is 0 Å². The van der Waals surface area contributed by atoms with Crippen LogP contribution in [0, 0.1) is 6.92 Å². The molecule has 0 bridgehead atoms. The fourth-order valence-corrected chi connectivity index (χ4v) is 2.08. The normalized spacial score (nSPS) is 10.5. The van der Waals surface area contributed by atoms with Gasteiger partial charge in [-0.25, -0.2) is 9.78 Å². The summed E-state index contributed by atoms with van der Waals surface area (Å²) in [4.78, 5) is 14.8. The number of rotatable bonds is 1. The van der Waals surface area contributed by atoms with Crippen molar-refractivity contribution < 1.29 is 9.90 Å². The molecule has 0 amide bonds. The Morgan fingerprint density at radius 1 is 1.40 bits per heavy atom. The topological polar surface area (TPSA) is 50.2 Å². The predicted molar refractivity (Wildman–Crippen MR) is 61.1 cm³/mol. The van der Waals surface area contributed by atoms with Gasteiger partial charge in [-0.15, -0.1) is 0 Å². The number of pyridine rings is 1. The first-order chi connectivity index (χ1) is 7.08. The Balaban J connectivity index is 2.76. The summed E-state index contributed by atoms with van der Waals surface area (Å²) >= 11 is 3.39. The lowest BCUT2D eigenvalue weighted by Crippen LogP contribution is -2.00. The molecule has 0 fully saturated rings. The van der Waals surface area contributed by atoms with E-state index in [1.54, 1.807) is 6.07 Å². The van der Waals surface area contributed by atoms with Gasteiger partial charge in [0.05, 0.1) is 5.52 Å². The zero-order chi connectivity index (χ0) is 11.0. The summed E-state index contributed by atoms with van der Waals surface area (Å²) in [7, 11) is 0. The summed E-state index contributed by atoms with van der Waals surface area (Å²) in [6.45, 7) is 1.91. The van der Waals surface area contributed by atoms with Crippen LogP contribution in [-0.2, 0) is 0 Å². The van der Waals surface area contributed by atoms with Crippen LogP contribution in [0.4, 0.5) is 0 Å². The molecule has 0 aliphatic rings. The minimum Gasteiger partial charge on any atom is -0.477 e. The lowest BCUT2D eigenvalue weighted by Gasteiger charge is -2.03. The monoisotopic (exact) mass is 265 g/mol. The molecule has 76 valence electrons. The van der Waals surface area contributed by atoms with Crippen molar-refractivity contribution in [2.75, 3.05) is 0 Å². The third kappa shape index (κ3) is 1.85. The second-order valence-corrected chi connectivity index (χ2v) is 4.21. The molecular weight excluding hydrogens is 258 g/mol. The van der Waals surface area contributed by atoms with Crippen LogP contribution in [0.2, 0.25) is 0 Å². The molecule has 1 N–H and O–H groups in total. The highest BCUT2D eigenvalue weighted by atomic mass is 79.9. The van der Waals surface area contributed by atoms with E-state index in [9.17, 15) is 4.79 Å². The van der Waals surface area contributed by atoms with Gasteiger partial charge in [0.25, 0.3) is 0 Å². The fourth-order valence-electron chi connectivity index (χ4n) is 1.49. The van der Waals surface area contributed by atoms with Crippen molar-refractivity contribution in [3.05, 3.63) is 40.0 Å². The molecule has 0 saturated carbocycles. The van der Waals surface area contributed by atoms with Crippen molar-refractivity contribution in [3.8, 4) is 0 Å². The van der Waals surface area contributed by atoms with Crippen LogP contribution in [0.3, 0.4) is 0 Å². The third-order valence-corrected chi connectivity index (χ3v) is 2.62. The summed E-state index contributed by atoms with van der Waals surface area (Å²) in [5.41, 5.74) is 1.77. The molecule has 15 heavy (non-hydrogen) atoms. The summed E-state index contributed by atoms with van der Waals surface area (Å²) in [6, 6.07) is 7.11. The van der Waals surface area contributed by atoms with E-state index in [2.05, 4.69) is 20.9 Å². The summed E-state index contributed by atoms with van der Waals surface area (Å²) < 4.78 is 0.970. The minimum absolute atomic E-state index is 0.0768. The van der Waals surface area contributed by atoms with Gasteiger partial charge in [-0.3, -0.25) is 0 Å². The van der Waals surface area contributed by atoms with E-state index in [1.165, 1.54) is 6.07 Å². The van der Waals surface area contributed by atoms with Crippen LogP contribution in [0.1, 0.15) is 16.1 Å². The largest absolute Gasteiger partial charge is 0.477 e. The molecular formula is C11H8BrNO2. The summed E-state index contributed by atoms with van der Waals surface area (Å²) in [5.74, 6) is -1.00. The van der Waals surface area contributed by atoms with Crippen LogP contribution in [-0.4, -0.2) is 16.1 Å². The number of halogens is 1. The van der Waals surface area contributed by atoms with Crippen LogP contribution in [0.15, 0.2) is 28.7 Å². The van der Waals surface area contributed by atoms with Crippen LogP contribution < -0.4 is 0 Å². The first-order valence-corrected chi connectivity index (χ1v) is 5.17. The quantitative estimate of drug-likeness (QED) is 0.863. The number of carboxylic acids is 1. The molecule has 0 spiro atoms. The van der Waals surface area contributed by atoms with Crippen molar-refractivity contribution in [2.45, 2.75) is 6.92 Å². The maximum absolute atomic E-state index is 10.8. The van der Waals surface area contributed by atoms with Crippen molar-refractivity contribution in [2.24, 2.45) is 0 Å². The van der Waals surface area contributed by atoms with Gasteiger partial charge in [-0.1, -0.05) is 22.0 Å². The first-order valence-electron chi connectivity index (χ1n) is 4.38. The SMILES string of the molecule is Cc1cc(Br)cc2ccc(C(=O)O)nc12. The average Bonchev–Trinajstić information content (AvgIpc) is 2.16. The van der Waals surface area contributed by atoms with Gasteiger partial charge < -0.3 is 5.11 Å². The molecule has 0 saturated heterocycles. The smallest absolute Gasteiger partial charge is 0.354 e. The number of fused-ring (bicyclic) bond motifs is 1. The van der Waals surface area contributed by atoms with Crippen LogP contribution in [0.25, 0.3) is 10.9 Å². The molecule has 0 atom stereocenters. The Hall–Kier alpha value is -1.42. The Morgan fingerprint density at radius 3 is 2.80 bits per heavy atom. The van der Waals surface area contributed by atoms with Gasteiger partial charge in [0.1, 0.15) is 5.69 Å². The van der Waals surface area contributed by atoms with E-state index in [0.29, 0.717) is 0 Å².